The Kier molecular flexibility index (Phi) is 6.90. The molecule has 0 radical (unpaired) electrons. The average Bonchev–Trinajstić information content (AvgIpc) is 3.54. The quantitative estimate of drug-likeness (QED) is 0.520. The van der Waals surface area contributed by atoms with E-state index in [4.69, 9.17) is 9.47 Å². The van der Waals surface area contributed by atoms with Crippen molar-refractivity contribution >= 4 is 11.9 Å². The van der Waals surface area contributed by atoms with Gasteiger partial charge in [-0.2, -0.15) is 13.2 Å². The van der Waals surface area contributed by atoms with Gasteiger partial charge in [0.05, 0.1) is 5.56 Å². The van der Waals surface area contributed by atoms with Crippen LogP contribution in [0.4, 0.5) is 18.0 Å². The van der Waals surface area contributed by atoms with Crippen molar-refractivity contribution in [2.45, 2.75) is 58.5 Å². The molecular formula is C24H26F3NO5. The standard InChI is InChI=1S/C24H26F3NO5/c1-23(2,3)33-22(31)28-12-14-4-6-15(7-5-14)13-32-18-11-10-17(20(29)16-8-9-16)21(30)19(18)24(25,26)27/h4-7,10-11,16,30H,8-9,12-13H2,1-3H3,(H,28,31). The molecule has 3 rings (SSSR count). The number of rotatable bonds is 7. The molecule has 1 saturated carbocycles. The van der Waals surface area contributed by atoms with Crippen LogP contribution in [0.2, 0.25) is 0 Å². The van der Waals surface area contributed by atoms with Gasteiger partial charge in [0.1, 0.15) is 29.3 Å². The van der Waals surface area contributed by atoms with Gasteiger partial charge in [0.25, 0.3) is 0 Å². The Bertz CT molecular complexity index is 1020. The zero-order valence-corrected chi connectivity index (χ0v) is 18.6. The average molecular weight is 465 g/mol. The fourth-order valence-corrected chi connectivity index (χ4v) is 3.13. The van der Waals surface area contributed by atoms with Crippen LogP contribution in [0.25, 0.3) is 0 Å². The van der Waals surface area contributed by atoms with Crippen molar-refractivity contribution < 1.29 is 37.3 Å². The highest BCUT2D eigenvalue weighted by Crippen LogP contribution is 2.46. The summed E-state index contributed by atoms with van der Waals surface area (Å²) in [6.07, 6.45) is -4.23. The Balaban J connectivity index is 1.66. The van der Waals surface area contributed by atoms with Crippen molar-refractivity contribution in [3.8, 4) is 11.5 Å². The number of alkyl halides is 3. The van der Waals surface area contributed by atoms with Crippen LogP contribution in [0, 0.1) is 5.92 Å². The molecule has 1 amide bonds. The van der Waals surface area contributed by atoms with Gasteiger partial charge in [-0.3, -0.25) is 4.79 Å². The van der Waals surface area contributed by atoms with Crippen LogP contribution < -0.4 is 10.1 Å². The van der Waals surface area contributed by atoms with E-state index in [1.165, 1.54) is 6.07 Å². The third-order valence-corrected chi connectivity index (χ3v) is 4.89. The van der Waals surface area contributed by atoms with Gasteiger partial charge in [0.2, 0.25) is 0 Å². The van der Waals surface area contributed by atoms with Crippen LogP contribution in [0.1, 0.15) is 60.7 Å². The normalized spacial score (nSPS) is 14.0. The number of halogens is 3. The Labute approximate surface area is 189 Å². The zero-order valence-electron chi connectivity index (χ0n) is 18.6. The van der Waals surface area contributed by atoms with E-state index in [0.29, 0.717) is 18.4 Å². The summed E-state index contributed by atoms with van der Waals surface area (Å²) >= 11 is 0. The number of carbonyl (C=O) groups is 2. The van der Waals surface area contributed by atoms with Gasteiger partial charge in [-0.05, 0) is 56.9 Å². The molecule has 0 heterocycles. The van der Waals surface area contributed by atoms with Crippen molar-refractivity contribution in [3.05, 3.63) is 58.7 Å². The van der Waals surface area contributed by atoms with Crippen molar-refractivity contribution in [1.29, 1.82) is 0 Å². The molecule has 0 spiro atoms. The molecule has 0 bridgehead atoms. The maximum atomic E-state index is 13.6. The first-order valence-electron chi connectivity index (χ1n) is 10.5. The molecule has 0 aliphatic heterocycles. The van der Waals surface area contributed by atoms with Crippen LogP contribution >= 0.6 is 0 Å². The van der Waals surface area contributed by atoms with Gasteiger partial charge in [0, 0.05) is 12.5 Å². The summed E-state index contributed by atoms with van der Waals surface area (Å²) in [6, 6.07) is 8.96. The third kappa shape index (κ3) is 6.63. The predicted molar refractivity (Wildman–Crippen MR) is 114 cm³/mol. The zero-order chi connectivity index (χ0) is 24.4. The smallest absolute Gasteiger partial charge is 0.423 e. The molecular weight excluding hydrogens is 439 g/mol. The number of phenolic OH excluding ortho intramolecular Hbond substituents is 1. The second kappa shape index (κ2) is 9.33. The molecule has 2 N–H and O–H groups in total. The first kappa shape index (κ1) is 24.4. The number of nitrogens with one attached hydrogen (secondary N) is 1. The van der Waals surface area contributed by atoms with Gasteiger partial charge in [-0.25, -0.2) is 4.79 Å². The minimum atomic E-state index is -4.89. The number of phenols is 1. The lowest BCUT2D eigenvalue weighted by molar-refractivity contribution is -0.140. The SMILES string of the molecule is CC(C)(C)OC(=O)NCc1ccc(COc2ccc(C(=O)C3CC3)c(O)c2C(F)(F)F)cc1. The summed E-state index contributed by atoms with van der Waals surface area (Å²) in [4.78, 5) is 23.9. The molecule has 0 aromatic heterocycles. The van der Waals surface area contributed by atoms with Crippen molar-refractivity contribution in [3.63, 3.8) is 0 Å². The Morgan fingerprint density at radius 2 is 1.64 bits per heavy atom. The number of hydrogen-bond acceptors (Lipinski definition) is 5. The highest BCUT2D eigenvalue weighted by molar-refractivity contribution is 6.02. The molecule has 6 nitrogen and oxygen atoms in total. The van der Waals surface area contributed by atoms with E-state index in [1.807, 2.05) is 0 Å². The van der Waals surface area contributed by atoms with E-state index in [9.17, 15) is 27.9 Å². The molecule has 0 unspecified atom stereocenters. The number of aromatic hydroxyl groups is 1. The Morgan fingerprint density at radius 3 is 2.18 bits per heavy atom. The van der Waals surface area contributed by atoms with Gasteiger partial charge in [-0.15, -0.1) is 0 Å². The molecule has 1 aliphatic rings. The first-order valence-corrected chi connectivity index (χ1v) is 10.5. The number of hydrogen-bond donors (Lipinski definition) is 2. The topological polar surface area (TPSA) is 84.9 Å². The van der Waals surface area contributed by atoms with Crippen LogP contribution in [0.15, 0.2) is 36.4 Å². The Hall–Kier alpha value is -3.23. The Morgan fingerprint density at radius 1 is 1.03 bits per heavy atom. The monoisotopic (exact) mass is 465 g/mol. The second-order valence-corrected chi connectivity index (χ2v) is 8.93. The largest absolute Gasteiger partial charge is 0.506 e. The molecule has 33 heavy (non-hydrogen) atoms. The summed E-state index contributed by atoms with van der Waals surface area (Å²) in [5.41, 5.74) is -0.951. The number of carbonyl (C=O) groups excluding carboxylic acids is 2. The molecule has 2 aromatic carbocycles. The highest BCUT2D eigenvalue weighted by atomic mass is 19.4. The first-order chi connectivity index (χ1) is 15.3. The lowest BCUT2D eigenvalue weighted by Gasteiger charge is -2.19. The summed E-state index contributed by atoms with van der Waals surface area (Å²) in [5.74, 6) is -2.46. The molecule has 1 fully saturated rings. The second-order valence-electron chi connectivity index (χ2n) is 8.93. The number of benzene rings is 2. The molecule has 0 saturated heterocycles. The van der Waals surface area contributed by atoms with E-state index in [-0.39, 0.29) is 24.6 Å². The molecule has 1 aliphatic carbocycles. The van der Waals surface area contributed by atoms with Gasteiger partial charge in [0.15, 0.2) is 5.78 Å². The van der Waals surface area contributed by atoms with Crippen molar-refractivity contribution in [2.75, 3.05) is 0 Å². The number of ketones is 1. The van der Waals surface area contributed by atoms with Gasteiger partial charge in [-0.1, -0.05) is 24.3 Å². The van der Waals surface area contributed by atoms with Gasteiger partial charge >= 0.3 is 12.3 Å². The lowest BCUT2D eigenvalue weighted by Crippen LogP contribution is -2.32. The maximum absolute atomic E-state index is 13.6. The predicted octanol–water partition coefficient (Wildman–Crippen LogP) is 5.61. The summed E-state index contributed by atoms with van der Waals surface area (Å²) < 4.78 is 51.3. The van der Waals surface area contributed by atoms with Crippen LogP contribution in [-0.4, -0.2) is 22.6 Å². The van der Waals surface area contributed by atoms with Crippen LogP contribution in [-0.2, 0) is 24.1 Å². The van der Waals surface area contributed by atoms with E-state index in [1.54, 1.807) is 45.0 Å². The summed E-state index contributed by atoms with van der Waals surface area (Å²) in [5, 5.41) is 12.8. The molecule has 0 atom stereocenters. The van der Waals surface area contributed by atoms with E-state index in [2.05, 4.69) is 5.32 Å². The molecule has 2 aromatic rings. The van der Waals surface area contributed by atoms with Gasteiger partial charge < -0.3 is 19.9 Å². The molecule has 178 valence electrons. The fourth-order valence-electron chi connectivity index (χ4n) is 3.13. The summed E-state index contributed by atoms with van der Waals surface area (Å²) in [6.45, 7) is 5.30. The highest BCUT2D eigenvalue weighted by Gasteiger charge is 2.41. The third-order valence-electron chi connectivity index (χ3n) is 4.89. The van der Waals surface area contributed by atoms with Crippen molar-refractivity contribution in [2.24, 2.45) is 5.92 Å². The van der Waals surface area contributed by atoms with Crippen molar-refractivity contribution in [1.82, 2.24) is 5.32 Å². The molecule has 9 heteroatoms. The minimum absolute atomic E-state index is 0.182. The number of ether oxygens (including phenoxy) is 2. The summed E-state index contributed by atoms with van der Waals surface area (Å²) in [7, 11) is 0. The van der Waals surface area contributed by atoms with Crippen LogP contribution in [0.5, 0.6) is 11.5 Å². The van der Waals surface area contributed by atoms with E-state index >= 15 is 0 Å². The van der Waals surface area contributed by atoms with E-state index < -0.39 is 40.7 Å². The minimum Gasteiger partial charge on any atom is -0.506 e. The van der Waals surface area contributed by atoms with E-state index in [0.717, 1.165) is 11.6 Å². The number of amides is 1. The number of Topliss-reactive ketones (excluding diaryl/α,β-unsaturated/α-hetero) is 1. The van der Waals surface area contributed by atoms with Crippen LogP contribution in [0.3, 0.4) is 0 Å². The fraction of sp³-hybridized carbons (Fsp3) is 0.417. The number of alkyl carbamates (subject to hydrolysis) is 1. The lowest BCUT2D eigenvalue weighted by atomic mass is 10.0. The maximum Gasteiger partial charge on any atom is 0.423 e.